The van der Waals surface area contributed by atoms with Crippen molar-refractivity contribution in [2.24, 2.45) is 0 Å². The van der Waals surface area contributed by atoms with E-state index in [1.165, 1.54) is 0 Å². The number of halogens is 3. The van der Waals surface area contributed by atoms with Gasteiger partial charge in [0.1, 0.15) is 0 Å². The SMILES string of the molecule is CCNC(c1cncc(C)c1)c1ccc(F)c(F)c1Br. The Balaban J connectivity index is 2.51. The molecule has 2 nitrogen and oxygen atoms in total. The molecule has 0 amide bonds. The summed E-state index contributed by atoms with van der Waals surface area (Å²) in [5.41, 5.74) is 2.58. The van der Waals surface area contributed by atoms with Gasteiger partial charge < -0.3 is 5.32 Å². The molecule has 1 unspecified atom stereocenters. The van der Waals surface area contributed by atoms with E-state index in [0.29, 0.717) is 12.1 Å². The topological polar surface area (TPSA) is 24.9 Å². The Morgan fingerprint density at radius 1 is 1.30 bits per heavy atom. The zero-order valence-corrected chi connectivity index (χ0v) is 12.8. The molecular weight excluding hydrogens is 326 g/mol. The van der Waals surface area contributed by atoms with Crippen LogP contribution < -0.4 is 5.32 Å². The standard InChI is InChI=1S/C15H15BrF2N2/c1-3-20-15(10-6-9(2)7-19-8-10)11-4-5-12(17)14(18)13(11)16/h4-8,15,20H,3H2,1-2H3. The van der Waals surface area contributed by atoms with Gasteiger partial charge in [0.15, 0.2) is 11.6 Å². The molecule has 0 saturated carbocycles. The van der Waals surface area contributed by atoms with E-state index in [0.717, 1.165) is 17.2 Å². The second-order valence-corrected chi connectivity index (χ2v) is 5.34. The van der Waals surface area contributed by atoms with E-state index in [1.807, 2.05) is 19.9 Å². The summed E-state index contributed by atoms with van der Waals surface area (Å²) in [5.74, 6) is -1.73. The predicted molar refractivity (Wildman–Crippen MR) is 78.6 cm³/mol. The first-order valence-electron chi connectivity index (χ1n) is 6.33. The van der Waals surface area contributed by atoms with E-state index < -0.39 is 11.6 Å². The lowest BCUT2D eigenvalue weighted by Gasteiger charge is -2.20. The zero-order valence-electron chi connectivity index (χ0n) is 11.3. The Labute approximate surface area is 125 Å². The van der Waals surface area contributed by atoms with Gasteiger partial charge in [0.05, 0.1) is 10.5 Å². The molecule has 1 heterocycles. The molecule has 0 fully saturated rings. The molecule has 1 aromatic heterocycles. The molecule has 0 aliphatic rings. The molecule has 106 valence electrons. The monoisotopic (exact) mass is 340 g/mol. The number of benzene rings is 1. The normalized spacial score (nSPS) is 12.4. The van der Waals surface area contributed by atoms with Gasteiger partial charge in [0.25, 0.3) is 0 Å². The summed E-state index contributed by atoms with van der Waals surface area (Å²) in [6, 6.07) is 4.46. The van der Waals surface area contributed by atoms with Crippen molar-refractivity contribution < 1.29 is 8.78 Å². The quantitative estimate of drug-likeness (QED) is 0.846. The number of hydrogen-bond donors (Lipinski definition) is 1. The van der Waals surface area contributed by atoms with E-state index in [2.05, 4.69) is 26.2 Å². The van der Waals surface area contributed by atoms with Crippen LogP contribution in [0.3, 0.4) is 0 Å². The van der Waals surface area contributed by atoms with Gasteiger partial charge in [0, 0.05) is 12.4 Å². The second kappa shape index (κ2) is 6.41. The van der Waals surface area contributed by atoms with Gasteiger partial charge in [-0.3, -0.25) is 4.98 Å². The molecule has 1 atom stereocenters. The van der Waals surface area contributed by atoms with Crippen LogP contribution in [0, 0.1) is 18.6 Å². The van der Waals surface area contributed by atoms with Crippen molar-refractivity contribution in [2.75, 3.05) is 6.54 Å². The minimum Gasteiger partial charge on any atom is -0.306 e. The van der Waals surface area contributed by atoms with Crippen LogP contribution in [-0.2, 0) is 0 Å². The molecule has 0 aliphatic heterocycles. The Morgan fingerprint density at radius 3 is 2.70 bits per heavy atom. The van der Waals surface area contributed by atoms with Crippen molar-refractivity contribution in [1.82, 2.24) is 10.3 Å². The van der Waals surface area contributed by atoms with Gasteiger partial charge in [-0.1, -0.05) is 19.1 Å². The molecule has 0 spiro atoms. The van der Waals surface area contributed by atoms with Gasteiger partial charge in [-0.05, 0) is 52.2 Å². The number of hydrogen-bond acceptors (Lipinski definition) is 2. The Bertz CT molecular complexity index is 617. The number of aryl methyl sites for hydroxylation is 1. The van der Waals surface area contributed by atoms with Crippen LogP contribution in [0.15, 0.2) is 35.1 Å². The molecule has 2 rings (SSSR count). The molecule has 1 N–H and O–H groups in total. The number of rotatable bonds is 4. The van der Waals surface area contributed by atoms with Gasteiger partial charge in [0.2, 0.25) is 0 Å². The van der Waals surface area contributed by atoms with Crippen molar-refractivity contribution in [3.63, 3.8) is 0 Å². The summed E-state index contributed by atoms with van der Waals surface area (Å²) in [5, 5.41) is 3.27. The summed E-state index contributed by atoms with van der Waals surface area (Å²) < 4.78 is 27.1. The Morgan fingerprint density at radius 2 is 2.05 bits per heavy atom. The molecule has 0 radical (unpaired) electrons. The first-order chi connectivity index (χ1) is 9.54. The van der Waals surface area contributed by atoms with Crippen LogP contribution in [0.2, 0.25) is 0 Å². The van der Waals surface area contributed by atoms with Crippen LogP contribution in [0.1, 0.15) is 29.7 Å². The molecule has 0 saturated heterocycles. The van der Waals surface area contributed by atoms with E-state index in [9.17, 15) is 8.78 Å². The maximum Gasteiger partial charge on any atom is 0.173 e. The summed E-state index contributed by atoms with van der Waals surface area (Å²) in [7, 11) is 0. The third kappa shape index (κ3) is 3.04. The van der Waals surface area contributed by atoms with Gasteiger partial charge in [-0.15, -0.1) is 0 Å². The lowest BCUT2D eigenvalue weighted by molar-refractivity contribution is 0.498. The number of nitrogens with zero attached hydrogens (tertiary/aromatic N) is 1. The van der Waals surface area contributed by atoms with E-state index in [1.54, 1.807) is 18.5 Å². The molecule has 0 aliphatic carbocycles. The van der Waals surface area contributed by atoms with Crippen LogP contribution >= 0.6 is 15.9 Å². The van der Waals surface area contributed by atoms with Crippen molar-refractivity contribution >= 4 is 15.9 Å². The summed E-state index contributed by atoms with van der Waals surface area (Å²) in [6.45, 7) is 4.61. The van der Waals surface area contributed by atoms with Crippen molar-refractivity contribution in [2.45, 2.75) is 19.9 Å². The van der Waals surface area contributed by atoms with Gasteiger partial charge >= 0.3 is 0 Å². The van der Waals surface area contributed by atoms with Crippen molar-refractivity contribution in [3.05, 3.63) is 63.4 Å². The fourth-order valence-corrected chi connectivity index (χ4v) is 2.66. The largest absolute Gasteiger partial charge is 0.306 e. The fraction of sp³-hybridized carbons (Fsp3) is 0.267. The molecular formula is C15H15BrF2N2. The first kappa shape index (κ1) is 15.1. The lowest BCUT2D eigenvalue weighted by Crippen LogP contribution is -2.23. The third-order valence-corrected chi connectivity index (χ3v) is 3.82. The average Bonchev–Trinajstić information content (AvgIpc) is 2.43. The second-order valence-electron chi connectivity index (χ2n) is 4.55. The third-order valence-electron chi connectivity index (χ3n) is 3.01. The average molecular weight is 341 g/mol. The lowest BCUT2D eigenvalue weighted by atomic mass is 9.99. The fourth-order valence-electron chi connectivity index (χ4n) is 2.11. The molecule has 2 aromatic rings. The van der Waals surface area contributed by atoms with Crippen LogP contribution in [0.5, 0.6) is 0 Å². The smallest absolute Gasteiger partial charge is 0.173 e. The molecule has 1 aromatic carbocycles. The van der Waals surface area contributed by atoms with Crippen molar-refractivity contribution in [1.29, 1.82) is 0 Å². The first-order valence-corrected chi connectivity index (χ1v) is 7.12. The van der Waals surface area contributed by atoms with E-state index in [-0.39, 0.29) is 10.5 Å². The summed E-state index contributed by atoms with van der Waals surface area (Å²) in [6.07, 6.45) is 3.49. The van der Waals surface area contributed by atoms with Gasteiger partial charge in [-0.25, -0.2) is 8.78 Å². The molecule has 20 heavy (non-hydrogen) atoms. The zero-order chi connectivity index (χ0) is 14.7. The Hall–Kier alpha value is -1.33. The van der Waals surface area contributed by atoms with E-state index >= 15 is 0 Å². The van der Waals surface area contributed by atoms with Crippen molar-refractivity contribution in [3.8, 4) is 0 Å². The number of pyridine rings is 1. The highest BCUT2D eigenvalue weighted by Gasteiger charge is 2.20. The minimum atomic E-state index is -0.869. The maximum absolute atomic E-state index is 13.7. The number of aromatic nitrogens is 1. The summed E-state index contributed by atoms with van der Waals surface area (Å²) in [4.78, 5) is 4.16. The van der Waals surface area contributed by atoms with Gasteiger partial charge in [-0.2, -0.15) is 0 Å². The number of nitrogens with one attached hydrogen (secondary N) is 1. The molecule has 5 heteroatoms. The van der Waals surface area contributed by atoms with E-state index in [4.69, 9.17) is 0 Å². The summed E-state index contributed by atoms with van der Waals surface area (Å²) >= 11 is 3.14. The molecule has 0 bridgehead atoms. The highest BCUT2D eigenvalue weighted by Crippen LogP contribution is 2.31. The Kier molecular flexibility index (Phi) is 4.83. The highest BCUT2D eigenvalue weighted by atomic mass is 79.9. The highest BCUT2D eigenvalue weighted by molar-refractivity contribution is 9.10. The van der Waals surface area contributed by atoms with Crippen LogP contribution in [-0.4, -0.2) is 11.5 Å². The van der Waals surface area contributed by atoms with Crippen LogP contribution in [0.25, 0.3) is 0 Å². The maximum atomic E-state index is 13.7. The van der Waals surface area contributed by atoms with Crippen LogP contribution in [0.4, 0.5) is 8.78 Å². The minimum absolute atomic E-state index is 0.143. The predicted octanol–water partition coefficient (Wildman–Crippen LogP) is 4.13.